The average molecular weight is 279 g/mol. The third-order valence-corrected chi connectivity index (χ3v) is 2.93. The molecule has 0 aliphatic rings. The van der Waals surface area contributed by atoms with Crippen molar-refractivity contribution in [2.75, 3.05) is 20.3 Å². The zero-order valence-corrected chi connectivity index (χ0v) is 12.0. The second-order valence-corrected chi connectivity index (χ2v) is 4.41. The number of carbonyl (C=O) groups is 2. The fourth-order valence-electron chi connectivity index (χ4n) is 1.94. The highest BCUT2D eigenvalue weighted by Gasteiger charge is 2.13. The number of aryl methyl sites for hydroxylation is 1. The van der Waals surface area contributed by atoms with E-state index in [4.69, 9.17) is 15.2 Å². The molecule has 0 spiro atoms. The van der Waals surface area contributed by atoms with Crippen molar-refractivity contribution in [1.29, 1.82) is 0 Å². The van der Waals surface area contributed by atoms with Gasteiger partial charge in [-0.25, -0.2) is 4.79 Å². The molecule has 0 aliphatic carbocycles. The van der Waals surface area contributed by atoms with Crippen LogP contribution >= 0.6 is 0 Å². The Bertz CT molecular complexity index is 471. The Labute approximate surface area is 119 Å². The second-order valence-electron chi connectivity index (χ2n) is 4.41. The number of rotatable bonds is 8. The third kappa shape index (κ3) is 4.66. The number of carbonyl (C=O) groups excluding carboxylic acids is 2. The number of amides is 1. The second kappa shape index (κ2) is 8.32. The van der Waals surface area contributed by atoms with Crippen molar-refractivity contribution in [3.63, 3.8) is 0 Å². The van der Waals surface area contributed by atoms with E-state index in [1.165, 1.54) is 0 Å². The number of unbranched alkanes of at least 4 members (excludes halogenated alkanes) is 1. The summed E-state index contributed by atoms with van der Waals surface area (Å²) in [5.41, 5.74) is 7.02. The van der Waals surface area contributed by atoms with Crippen molar-refractivity contribution in [3.05, 3.63) is 34.9 Å². The summed E-state index contributed by atoms with van der Waals surface area (Å²) in [6.07, 6.45) is 2.42. The van der Waals surface area contributed by atoms with Crippen LogP contribution in [-0.4, -0.2) is 32.2 Å². The minimum Gasteiger partial charge on any atom is -0.462 e. The van der Waals surface area contributed by atoms with Crippen LogP contribution in [0.1, 0.15) is 46.0 Å². The molecule has 1 aromatic rings. The highest BCUT2D eigenvalue weighted by Crippen LogP contribution is 2.16. The molecule has 0 unspecified atom stereocenters. The maximum absolute atomic E-state index is 11.7. The molecule has 110 valence electrons. The van der Waals surface area contributed by atoms with Crippen LogP contribution in [0.2, 0.25) is 0 Å². The van der Waals surface area contributed by atoms with E-state index in [1.807, 2.05) is 0 Å². The number of methoxy groups -OCH3 is 1. The van der Waals surface area contributed by atoms with Crippen molar-refractivity contribution < 1.29 is 19.1 Å². The first-order chi connectivity index (χ1) is 9.60. The van der Waals surface area contributed by atoms with Gasteiger partial charge in [0.1, 0.15) is 0 Å². The van der Waals surface area contributed by atoms with Gasteiger partial charge in [0.2, 0.25) is 5.91 Å². The van der Waals surface area contributed by atoms with E-state index in [9.17, 15) is 9.59 Å². The number of benzene rings is 1. The van der Waals surface area contributed by atoms with Crippen LogP contribution in [0.15, 0.2) is 18.2 Å². The quantitative estimate of drug-likeness (QED) is 0.582. The number of esters is 1. The smallest absolute Gasteiger partial charge is 0.338 e. The maximum Gasteiger partial charge on any atom is 0.338 e. The van der Waals surface area contributed by atoms with Gasteiger partial charge in [-0.1, -0.05) is 0 Å². The monoisotopic (exact) mass is 279 g/mol. The number of hydrogen-bond donors (Lipinski definition) is 1. The SMILES string of the molecule is CCOC(=O)c1ccc(C(N)=O)c(CCCCOC)c1. The molecule has 2 N–H and O–H groups in total. The summed E-state index contributed by atoms with van der Waals surface area (Å²) in [6, 6.07) is 4.84. The van der Waals surface area contributed by atoms with E-state index in [1.54, 1.807) is 32.2 Å². The zero-order valence-electron chi connectivity index (χ0n) is 12.0. The fraction of sp³-hybridized carbons (Fsp3) is 0.467. The Morgan fingerprint density at radius 1 is 1.25 bits per heavy atom. The van der Waals surface area contributed by atoms with E-state index in [2.05, 4.69) is 0 Å². The predicted molar refractivity (Wildman–Crippen MR) is 75.7 cm³/mol. The predicted octanol–water partition coefficient (Wildman–Crippen LogP) is 1.93. The van der Waals surface area contributed by atoms with Crippen LogP contribution in [0.3, 0.4) is 0 Å². The molecule has 0 fully saturated rings. The van der Waals surface area contributed by atoms with Crippen molar-refractivity contribution >= 4 is 11.9 Å². The summed E-state index contributed by atoms with van der Waals surface area (Å²) in [4.78, 5) is 23.1. The van der Waals surface area contributed by atoms with Gasteiger partial charge < -0.3 is 15.2 Å². The Morgan fingerprint density at radius 3 is 2.60 bits per heavy atom. The van der Waals surface area contributed by atoms with Crippen molar-refractivity contribution in [2.24, 2.45) is 5.73 Å². The van der Waals surface area contributed by atoms with Crippen LogP contribution < -0.4 is 5.73 Å². The molecule has 1 rings (SSSR count). The molecule has 0 atom stereocenters. The molecule has 5 heteroatoms. The lowest BCUT2D eigenvalue weighted by molar-refractivity contribution is 0.0526. The topological polar surface area (TPSA) is 78.6 Å². The van der Waals surface area contributed by atoms with E-state index >= 15 is 0 Å². The molecule has 0 radical (unpaired) electrons. The summed E-state index contributed by atoms with van der Waals surface area (Å²) in [7, 11) is 1.65. The first kappa shape index (κ1) is 16.2. The fourth-order valence-corrected chi connectivity index (χ4v) is 1.94. The Morgan fingerprint density at radius 2 is 2.00 bits per heavy atom. The van der Waals surface area contributed by atoms with Crippen LogP contribution in [0.5, 0.6) is 0 Å². The normalized spacial score (nSPS) is 10.3. The lowest BCUT2D eigenvalue weighted by atomic mass is 9.98. The highest BCUT2D eigenvalue weighted by molar-refractivity contribution is 5.96. The van der Waals surface area contributed by atoms with Crippen LogP contribution in [0, 0.1) is 0 Å². The number of hydrogen-bond acceptors (Lipinski definition) is 4. The molecule has 0 aromatic heterocycles. The molecule has 0 saturated carbocycles. The zero-order chi connectivity index (χ0) is 15.0. The van der Waals surface area contributed by atoms with Crippen LogP contribution in [0.4, 0.5) is 0 Å². The lowest BCUT2D eigenvalue weighted by Gasteiger charge is -2.09. The first-order valence-corrected chi connectivity index (χ1v) is 6.69. The summed E-state index contributed by atoms with van der Waals surface area (Å²) < 4.78 is 9.94. The van der Waals surface area contributed by atoms with Gasteiger partial charge in [0.05, 0.1) is 12.2 Å². The van der Waals surface area contributed by atoms with Gasteiger partial charge in [0.15, 0.2) is 0 Å². The number of ether oxygens (including phenoxy) is 2. The molecule has 1 amide bonds. The first-order valence-electron chi connectivity index (χ1n) is 6.69. The summed E-state index contributed by atoms with van der Waals surface area (Å²) in [5.74, 6) is -0.871. The van der Waals surface area contributed by atoms with E-state index in [0.29, 0.717) is 30.8 Å². The average Bonchev–Trinajstić information content (AvgIpc) is 2.43. The Kier molecular flexibility index (Phi) is 6.73. The molecule has 0 bridgehead atoms. The number of nitrogens with two attached hydrogens (primary N) is 1. The number of primary amides is 1. The van der Waals surface area contributed by atoms with Gasteiger partial charge in [-0.3, -0.25) is 4.79 Å². The lowest BCUT2D eigenvalue weighted by Crippen LogP contribution is -2.15. The molecule has 1 aromatic carbocycles. The Hall–Kier alpha value is -1.88. The van der Waals surface area contributed by atoms with Crippen molar-refractivity contribution in [3.8, 4) is 0 Å². The summed E-state index contributed by atoms with van der Waals surface area (Å²) in [6.45, 7) is 2.74. The molecular formula is C15H21NO4. The van der Waals surface area contributed by atoms with Crippen molar-refractivity contribution in [1.82, 2.24) is 0 Å². The van der Waals surface area contributed by atoms with Gasteiger partial charge in [0.25, 0.3) is 0 Å². The van der Waals surface area contributed by atoms with E-state index in [0.717, 1.165) is 18.4 Å². The standard InChI is InChI=1S/C15H21NO4/c1-3-20-15(18)12-7-8-13(14(16)17)11(10-12)6-4-5-9-19-2/h7-8,10H,3-6,9H2,1-2H3,(H2,16,17). The largest absolute Gasteiger partial charge is 0.462 e. The maximum atomic E-state index is 11.7. The van der Waals surface area contributed by atoms with Gasteiger partial charge in [-0.15, -0.1) is 0 Å². The molecule has 0 heterocycles. The molecule has 0 saturated heterocycles. The minimum absolute atomic E-state index is 0.319. The van der Waals surface area contributed by atoms with Crippen molar-refractivity contribution in [2.45, 2.75) is 26.2 Å². The van der Waals surface area contributed by atoms with Gasteiger partial charge in [-0.05, 0) is 49.9 Å². The third-order valence-electron chi connectivity index (χ3n) is 2.93. The van der Waals surface area contributed by atoms with E-state index in [-0.39, 0.29) is 5.97 Å². The molecule has 0 aliphatic heterocycles. The van der Waals surface area contributed by atoms with Crippen LogP contribution in [-0.2, 0) is 15.9 Å². The minimum atomic E-state index is -0.484. The summed E-state index contributed by atoms with van der Waals surface area (Å²) in [5, 5.41) is 0. The van der Waals surface area contributed by atoms with Gasteiger partial charge in [-0.2, -0.15) is 0 Å². The van der Waals surface area contributed by atoms with Gasteiger partial charge in [0, 0.05) is 19.3 Å². The summed E-state index contributed by atoms with van der Waals surface area (Å²) >= 11 is 0. The Balaban J connectivity index is 2.88. The van der Waals surface area contributed by atoms with Crippen LogP contribution in [0.25, 0.3) is 0 Å². The molecule has 5 nitrogen and oxygen atoms in total. The van der Waals surface area contributed by atoms with Gasteiger partial charge >= 0.3 is 5.97 Å². The van der Waals surface area contributed by atoms with E-state index < -0.39 is 5.91 Å². The molecular weight excluding hydrogens is 258 g/mol. The molecule has 20 heavy (non-hydrogen) atoms. The highest BCUT2D eigenvalue weighted by atomic mass is 16.5.